The standard InChI is InChI=1S/C14H14Cl2N2O4/c1-3-22-13(21)14(2)7-10(12(19)20)17-18(14)11-5-4-8(15)6-9(11)16/h4-6H,3,7H2,1-2H3,(H,19,20)/p-1. The quantitative estimate of drug-likeness (QED) is 0.776. The number of hydrogen-bond acceptors (Lipinski definition) is 6. The normalized spacial score (nSPS) is 20.7. The van der Waals surface area contributed by atoms with Crippen LogP contribution in [0.25, 0.3) is 0 Å². The molecular formula is C14H13Cl2N2O4-. The second-order valence-corrected chi connectivity index (χ2v) is 5.76. The van der Waals surface area contributed by atoms with Crippen LogP contribution in [-0.2, 0) is 14.3 Å². The first-order chi connectivity index (χ1) is 10.3. The molecule has 0 radical (unpaired) electrons. The van der Waals surface area contributed by atoms with Gasteiger partial charge in [-0.05, 0) is 32.0 Å². The fraction of sp³-hybridized carbons (Fsp3) is 0.357. The molecule has 22 heavy (non-hydrogen) atoms. The van der Waals surface area contributed by atoms with Gasteiger partial charge in [0.15, 0.2) is 5.54 Å². The minimum atomic E-state index is -1.44. The lowest BCUT2D eigenvalue weighted by Gasteiger charge is -2.32. The summed E-state index contributed by atoms with van der Waals surface area (Å²) in [4.78, 5) is 23.4. The van der Waals surface area contributed by atoms with E-state index in [0.29, 0.717) is 10.7 Å². The molecular weight excluding hydrogens is 331 g/mol. The Balaban J connectivity index is 2.51. The Labute approximate surface area is 137 Å². The van der Waals surface area contributed by atoms with Gasteiger partial charge in [0.2, 0.25) is 0 Å². The molecule has 0 spiro atoms. The highest BCUT2D eigenvalue weighted by atomic mass is 35.5. The molecule has 8 heteroatoms. The molecule has 0 saturated heterocycles. The fourth-order valence-corrected chi connectivity index (χ4v) is 2.69. The molecule has 6 nitrogen and oxygen atoms in total. The first-order valence-electron chi connectivity index (χ1n) is 6.51. The van der Waals surface area contributed by atoms with E-state index in [1.165, 1.54) is 18.0 Å². The third-order valence-electron chi connectivity index (χ3n) is 3.29. The molecule has 0 fully saturated rings. The SMILES string of the molecule is CCOC(=O)C1(C)CC(C(=O)[O-])=NN1c1ccc(Cl)cc1Cl. The zero-order valence-corrected chi connectivity index (χ0v) is 13.4. The van der Waals surface area contributed by atoms with Crippen LogP contribution in [0.2, 0.25) is 10.0 Å². The zero-order valence-electron chi connectivity index (χ0n) is 11.9. The average molecular weight is 344 g/mol. The third kappa shape index (κ3) is 2.89. The average Bonchev–Trinajstić information content (AvgIpc) is 2.79. The summed E-state index contributed by atoms with van der Waals surface area (Å²) in [5.74, 6) is -2.04. The van der Waals surface area contributed by atoms with Gasteiger partial charge in [-0.3, -0.25) is 0 Å². The number of rotatable bonds is 4. The van der Waals surface area contributed by atoms with Crippen molar-refractivity contribution in [1.82, 2.24) is 0 Å². The Morgan fingerprint density at radius 2 is 2.14 bits per heavy atom. The monoisotopic (exact) mass is 343 g/mol. The summed E-state index contributed by atoms with van der Waals surface area (Å²) in [7, 11) is 0. The lowest BCUT2D eigenvalue weighted by Crippen LogP contribution is -2.49. The van der Waals surface area contributed by atoms with Crippen molar-refractivity contribution >= 4 is 46.5 Å². The molecule has 1 aromatic rings. The van der Waals surface area contributed by atoms with Gasteiger partial charge in [-0.25, -0.2) is 9.80 Å². The number of hydrogen-bond donors (Lipinski definition) is 0. The van der Waals surface area contributed by atoms with Crippen LogP contribution < -0.4 is 10.1 Å². The number of benzene rings is 1. The summed E-state index contributed by atoms with van der Waals surface area (Å²) in [5, 5.41) is 17.0. The number of hydrazone groups is 1. The van der Waals surface area contributed by atoms with Crippen molar-refractivity contribution in [2.24, 2.45) is 5.10 Å². The van der Waals surface area contributed by atoms with Gasteiger partial charge < -0.3 is 14.6 Å². The first-order valence-corrected chi connectivity index (χ1v) is 7.26. The summed E-state index contributed by atoms with van der Waals surface area (Å²) in [6.07, 6.45) is -0.146. The van der Waals surface area contributed by atoms with Crippen LogP contribution in [0, 0.1) is 0 Å². The highest BCUT2D eigenvalue weighted by molar-refractivity contribution is 6.38. The van der Waals surface area contributed by atoms with Crippen LogP contribution in [0.4, 0.5) is 5.69 Å². The second kappa shape index (κ2) is 6.14. The van der Waals surface area contributed by atoms with Crippen molar-refractivity contribution in [3.63, 3.8) is 0 Å². The summed E-state index contributed by atoms with van der Waals surface area (Å²) in [6.45, 7) is 3.36. The molecule has 1 heterocycles. The largest absolute Gasteiger partial charge is 0.543 e. The van der Waals surface area contributed by atoms with Crippen molar-refractivity contribution in [2.75, 3.05) is 11.6 Å². The highest BCUT2D eigenvalue weighted by Gasteiger charge is 2.47. The third-order valence-corrected chi connectivity index (χ3v) is 3.83. The molecule has 2 rings (SSSR count). The molecule has 1 aromatic carbocycles. The summed E-state index contributed by atoms with van der Waals surface area (Å²) in [6, 6.07) is 4.61. The number of aliphatic carboxylic acids is 1. The number of carboxylic acids is 1. The molecule has 1 aliphatic rings. The van der Waals surface area contributed by atoms with Gasteiger partial charge in [0, 0.05) is 11.4 Å². The van der Waals surface area contributed by atoms with Crippen molar-refractivity contribution in [1.29, 1.82) is 0 Å². The van der Waals surface area contributed by atoms with E-state index in [4.69, 9.17) is 27.9 Å². The Morgan fingerprint density at radius 3 is 2.68 bits per heavy atom. The smallest absolute Gasteiger partial charge is 0.334 e. The van der Waals surface area contributed by atoms with Gasteiger partial charge in [-0.15, -0.1) is 0 Å². The maximum atomic E-state index is 12.3. The number of esters is 1. The van der Waals surface area contributed by atoms with Crippen molar-refractivity contribution in [3.8, 4) is 0 Å². The van der Waals surface area contributed by atoms with Crippen molar-refractivity contribution in [2.45, 2.75) is 25.8 Å². The number of carboxylic acid groups (broad SMARTS) is 1. The maximum Gasteiger partial charge on any atom is 0.334 e. The van der Waals surface area contributed by atoms with E-state index in [1.54, 1.807) is 19.1 Å². The Kier molecular flexibility index (Phi) is 4.63. The van der Waals surface area contributed by atoms with Gasteiger partial charge >= 0.3 is 5.97 Å². The predicted molar refractivity (Wildman–Crippen MR) is 81.0 cm³/mol. The molecule has 0 N–H and O–H groups in total. The van der Waals surface area contributed by atoms with Gasteiger partial charge in [-0.1, -0.05) is 23.2 Å². The van der Waals surface area contributed by atoms with E-state index in [-0.39, 0.29) is 23.8 Å². The van der Waals surface area contributed by atoms with E-state index in [1.807, 2.05) is 0 Å². The molecule has 0 bridgehead atoms. The molecule has 118 valence electrons. The minimum Gasteiger partial charge on any atom is -0.543 e. The van der Waals surface area contributed by atoms with Gasteiger partial charge in [-0.2, -0.15) is 5.10 Å². The topological polar surface area (TPSA) is 82.0 Å². The first kappa shape index (κ1) is 16.6. The summed E-state index contributed by atoms with van der Waals surface area (Å²) in [5.41, 5.74) is -1.21. The van der Waals surface area contributed by atoms with Crippen LogP contribution in [-0.4, -0.2) is 29.8 Å². The number of anilines is 1. The van der Waals surface area contributed by atoms with Crippen LogP contribution in [0.15, 0.2) is 23.3 Å². The van der Waals surface area contributed by atoms with Crippen molar-refractivity contribution < 1.29 is 19.4 Å². The number of ether oxygens (including phenoxy) is 1. The number of nitrogens with zero attached hydrogens (tertiary/aromatic N) is 2. The fourth-order valence-electron chi connectivity index (χ4n) is 2.20. The summed E-state index contributed by atoms with van der Waals surface area (Å²) >= 11 is 12.0. The molecule has 1 unspecified atom stereocenters. The van der Waals surface area contributed by atoms with E-state index < -0.39 is 17.5 Å². The summed E-state index contributed by atoms with van der Waals surface area (Å²) < 4.78 is 5.04. The maximum absolute atomic E-state index is 12.3. The molecule has 0 aromatic heterocycles. The molecule has 0 amide bonds. The number of halogens is 2. The van der Waals surface area contributed by atoms with E-state index in [2.05, 4.69) is 5.10 Å². The molecule has 0 aliphatic carbocycles. The lowest BCUT2D eigenvalue weighted by molar-refractivity contribution is -0.294. The number of carbonyl (C=O) groups excluding carboxylic acids is 2. The molecule has 0 saturated carbocycles. The van der Waals surface area contributed by atoms with E-state index in [0.717, 1.165) is 0 Å². The van der Waals surface area contributed by atoms with E-state index >= 15 is 0 Å². The van der Waals surface area contributed by atoms with Crippen LogP contribution in [0.5, 0.6) is 0 Å². The van der Waals surface area contributed by atoms with Crippen molar-refractivity contribution in [3.05, 3.63) is 28.2 Å². The molecule has 1 aliphatic heterocycles. The Morgan fingerprint density at radius 1 is 1.45 bits per heavy atom. The molecule has 1 atom stereocenters. The highest BCUT2D eigenvalue weighted by Crippen LogP contribution is 2.38. The van der Waals surface area contributed by atoms with E-state index in [9.17, 15) is 14.7 Å². The number of carbonyl (C=O) groups is 2. The Bertz CT molecular complexity index is 662. The Hall–Kier alpha value is -1.79. The lowest BCUT2D eigenvalue weighted by atomic mass is 9.95. The van der Waals surface area contributed by atoms with Gasteiger partial charge in [0.05, 0.1) is 29.0 Å². The predicted octanol–water partition coefficient (Wildman–Crippen LogP) is 1.63. The van der Waals surface area contributed by atoms with Gasteiger partial charge in [0.25, 0.3) is 0 Å². The van der Waals surface area contributed by atoms with Gasteiger partial charge in [0.1, 0.15) is 0 Å². The second-order valence-electron chi connectivity index (χ2n) is 4.91. The minimum absolute atomic E-state index is 0.146. The van der Waals surface area contributed by atoms with Crippen LogP contribution >= 0.6 is 23.2 Å². The van der Waals surface area contributed by atoms with Crippen LogP contribution in [0.1, 0.15) is 20.3 Å². The zero-order chi connectivity index (χ0) is 16.5. The van der Waals surface area contributed by atoms with Crippen LogP contribution in [0.3, 0.4) is 0 Å².